The molecule has 2 N–H and O–H groups in total. The fourth-order valence-corrected chi connectivity index (χ4v) is 2.57. The van der Waals surface area contributed by atoms with Crippen LogP contribution in [0.15, 0.2) is 49.1 Å². The van der Waals surface area contributed by atoms with E-state index >= 15 is 0 Å². The lowest BCUT2D eigenvalue weighted by Crippen LogP contribution is -2.23. The number of hydrogen-bond donors (Lipinski definition) is 2. The quantitative estimate of drug-likeness (QED) is 0.693. The summed E-state index contributed by atoms with van der Waals surface area (Å²) < 4.78 is 40.5. The smallest absolute Gasteiger partial charge is 0.376 e. The molecule has 0 saturated carbocycles. The van der Waals surface area contributed by atoms with Crippen molar-refractivity contribution in [2.45, 2.75) is 20.0 Å². The molecule has 3 rings (SSSR count). The van der Waals surface area contributed by atoms with E-state index < -0.39 is 17.6 Å². The van der Waals surface area contributed by atoms with Crippen molar-refractivity contribution in [3.8, 4) is 5.69 Å². The second kappa shape index (κ2) is 7.71. The standard InChI is InChI=1S/C19H18F3N5O/c1-12-3-5-15(7-13(12)2)24-9-18(28)26-16-8-14(19(20,21)22)4-6-17(16)27-11-23-10-25-27/h3-8,10-11,24H,9H2,1-2H3,(H,26,28). The van der Waals surface area contributed by atoms with Gasteiger partial charge >= 0.3 is 6.18 Å². The van der Waals surface area contributed by atoms with Crippen molar-refractivity contribution in [2.24, 2.45) is 0 Å². The van der Waals surface area contributed by atoms with Gasteiger partial charge in [0.1, 0.15) is 12.7 Å². The van der Waals surface area contributed by atoms with Gasteiger partial charge in [0.25, 0.3) is 0 Å². The molecule has 0 fully saturated rings. The molecule has 146 valence electrons. The summed E-state index contributed by atoms with van der Waals surface area (Å²) >= 11 is 0. The number of carbonyl (C=O) groups excluding carboxylic acids is 1. The second-order valence-corrected chi connectivity index (χ2v) is 6.27. The lowest BCUT2D eigenvalue weighted by atomic mass is 10.1. The normalized spacial score (nSPS) is 11.3. The maximum absolute atomic E-state index is 13.1. The summed E-state index contributed by atoms with van der Waals surface area (Å²) in [5, 5.41) is 9.40. The highest BCUT2D eigenvalue weighted by Crippen LogP contribution is 2.33. The SMILES string of the molecule is Cc1ccc(NCC(=O)Nc2cc(C(F)(F)F)ccc2-n2cncn2)cc1C. The summed E-state index contributed by atoms with van der Waals surface area (Å²) in [6, 6.07) is 8.70. The Labute approximate surface area is 159 Å². The van der Waals surface area contributed by atoms with E-state index in [0.717, 1.165) is 28.9 Å². The number of carbonyl (C=O) groups is 1. The summed E-state index contributed by atoms with van der Waals surface area (Å²) in [7, 11) is 0. The first kappa shape index (κ1) is 19.4. The molecule has 3 aromatic rings. The van der Waals surface area contributed by atoms with Crippen molar-refractivity contribution in [2.75, 3.05) is 17.2 Å². The Balaban J connectivity index is 1.79. The number of hydrogen-bond acceptors (Lipinski definition) is 4. The van der Waals surface area contributed by atoms with E-state index in [1.54, 1.807) is 0 Å². The van der Waals surface area contributed by atoms with E-state index in [-0.39, 0.29) is 17.9 Å². The summed E-state index contributed by atoms with van der Waals surface area (Å²) in [6.07, 6.45) is -1.94. The number of anilines is 2. The molecule has 0 aliphatic heterocycles. The summed E-state index contributed by atoms with van der Waals surface area (Å²) in [4.78, 5) is 16.1. The molecule has 1 heterocycles. The van der Waals surface area contributed by atoms with Crippen molar-refractivity contribution < 1.29 is 18.0 Å². The maximum Gasteiger partial charge on any atom is 0.416 e. The van der Waals surface area contributed by atoms with Crippen LogP contribution in [-0.2, 0) is 11.0 Å². The number of nitrogens with zero attached hydrogens (tertiary/aromatic N) is 3. The number of aryl methyl sites for hydroxylation is 2. The molecule has 0 radical (unpaired) electrons. The van der Waals surface area contributed by atoms with Gasteiger partial charge in [-0.2, -0.15) is 18.3 Å². The van der Waals surface area contributed by atoms with Gasteiger partial charge in [0.15, 0.2) is 0 Å². The third-order valence-corrected chi connectivity index (χ3v) is 4.22. The molecule has 0 aliphatic carbocycles. The van der Waals surface area contributed by atoms with E-state index in [1.165, 1.54) is 23.4 Å². The average Bonchev–Trinajstić information content (AvgIpc) is 3.16. The van der Waals surface area contributed by atoms with Crippen LogP contribution in [0, 0.1) is 13.8 Å². The van der Waals surface area contributed by atoms with Crippen molar-refractivity contribution in [3.05, 3.63) is 65.7 Å². The fourth-order valence-electron chi connectivity index (χ4n) is 2.57. The van der Waals surface area contributed by atoms with Crippen LogP contribution in [0.2, 0.25) is 0 Å². The van der Waals surface area contributed by atoms with Gasteiger partial charge < -0.3 is 10.6 Å². The number of nitrogens with one attached hydrogen (secondary N) is 2. The number of aromatic nitrogens is 3. The van der Waals surface area contributed by atoms with Crippen molar-refractivity contribution in [1.82, 2.24) is 14.8 Å². The molecule has 1 aromatic heterocycles. The zero-order valence-electron chi connectivity index (χ0n) is 15.2. The Bertz CT molecular complexity index is 984. The molecule has 0 unspecified atom stereocenters. The Morgan fingerprint density at radius 2 is 1.89 bits per heavy atom. The largest absolute Gasteiger partial charge is 0.416 e. The van der Waals surface area contributed by atoms with Gasteiger partial charge in [-0.3, -0.25) is 4.79 Å². The number of halogens is 3. The van der Waals surface area contributed by atoms with E-state index in [0.29, 0.717) is 0 Å². The monoisotopic (exact) mass is 389 g/mol. The van der Waals surface area contributed by atoms with Gasteiger partial charge in [-0.1, -0.05) is 6.07 Å². The minimum Gasteiger partial charge on any atom is -0.376 e. The average molecular weight is 389 g/mol. The number of rotatable bonds is 5. The minimum absolute atomic E-state index is 0.00721. The number of benzene rings is 2. The molecule has 28 heavy (non-hydrogen) atoms. The van der Waals surface area contributed by atoms with Gasteiger partial charge in [0, 0.05) is 5.69 Å². The van der Waals surface area contributed by atoms with Crippen molar-refractivity contribution >= 4 is 17.3 Å². The molecule has 1 amide bonds. The minimum atomic E-state index is -4.53. The van der Waals surface area contributed by atoms with E-state index in [2.05, 4.69) is 20.7 Å². The van der Waals surface area contributed by atoms with Crippen LogP contribution in [-0.4, -0.2) is 27.2 Å². The van der Waals surface area contributed by atoms with Gasteiger partial charge in [-0.25, -0.2) is 9.67 Å². The maximum atomic E-state index is 13.1. The Morgan fingerprint density at radius 3 is 2.54 bits per heavy atom. The topological polar surface area (TPSA) is 71.8 Å². The van der Waals surface area contributed by atoms with Crippen LogP contribution < -0.4 is 10.6 Å². The summed E-state index contributed by atoms with van der Waals surface area (Å²) in [6.45, 7) is 3.83. The molecular weight excluding hydrogens is 371 g/mol. The van der Waals surface area contributed by atoms with Crippen LogP contribution in [0.1, 0.15) is 16.7 Å². The highest BCUT2D eigenvalue weighted by atomic mass is 19.4. The van der Waals surface area contributed by atoms with Gasteiger partial charge in [-0.05, 0) is 55.3 Å². The molecule has 9 heteroatoms. The molecule has 0 aliphatic rings. The van der Waals surface area contributed by atoms with Crippen LogP contribution in [0.5, 0.6) is 0 Å². The summed E-state index contributed by atoms with van der Waals surface area (Å²) in [5.74, 6) is -0.487. The highest BCUT2D eigenvalue weighted by molar-refractivity contribution is 5.95. The number of alkyl halides is 3. The lowest BCUT2D eigenvalue weighted by Gasteiger charge is -2.15. The predicted molar refractivity (Wildman–Crippen MR) is 99.4 cm³/mol. The third kappa shape index (κ3) is 4.48. The first-order valence-corrected chi connectivity index (χ1v) is 8.41. The third-order valence-electron chi connectivity index (χ3n) is 4.22. The molecule has 0 bridgehead atoms. The lowest BCUT2D eigenvalue weighted by molar-refractivity contribution is -0.137. The summed E-state index contributed by atoms with van der Waals surface area (Å²) in [5.41, 5.74) is 2.35. The molecule has 0 atom stereocenters. The van der Waals surface area contributed by atoms with Gasteiger partial charge in [0.05, 0.1) is 23.5 Å². The zero-order chi connectivity index (χ0) is 20.3. The molecule has 0 saturated heterocycles. The first-order chi connectivity index (χ1) is 13.2. The van der Waals surface area contributed by atoms with Gasteiger partial charge in [0.2, 0.25) is 5.91 Å². The fraction of sp³-hybridized carbons (Fsp3) is 0.211. The molecular formula is C19H18F3N5O. The predicted octanol–water partition coefficient (Wildman–Crippen LogP) is 3.95. The Morgan fingerprint density at radius 1 is 1.11 bits per heavy atom. The van der Waals surface area contributed by atoms with E-state index in [1.807, 2.05) is 32.0 Å². The number of amides is 1. The molecule has 2 aromatic carbocycles. The zero-order valence-corrected chi connectivity index (χ0v) is 15.2. The van der Waals surface area contributed by atoms with Gasteiger partial charge in [-0.15, -0.1) is 0 Å². The molecule has 0 spiro atoms. The van der Waals surface area contributed by atoms with Crippen molar-refractivity contribution in [1.29, 1.82) is 0 Å². The Hall–Kier alpha value is -3.36. The molecule has 6 nitrogen and oxygen atoms in total. The second-order valence-electron chi connectivity index (χ2n) is 6.27. The van der Waals surface area contributed by atoms with Crippen molar-refractivity contribution in [3.63, 3.8) is 0 Å². The Kier molecular flexibility index (Phi) is 5.34. The van der Waals surface area contributed by atoms with E-state index in [9.17, 15) is 18.0 Å². The van der Waals surface area contributed by atoms with Crippen LogP contribution in [0.4, 0.5) is 24.5 Å². The van der Waals surface area contributed by atoms with Crippen LogP contribution in [0.25, 0.3) is 5.69 Å². The van der Waals surface area contributed by atoms with Crippen LogP contribution in [0.3, 0.4) is 0 Å². The van der Waals surface area contributed by atoms with Crippen LogP contribution >= 0.6 is 0 Å². The highest BCUT2D eigenvalue weighted by Gasteiger charge is 2.31. The first-order valence-electron chi connectivity index (χ1n) is 8.41. The van der Waals surface area contributed by atoms with E-state index in [4.69, 9.17) is 0 Å².